The Morgan fingerprint density at radius 2 is 1.12 bits per heavy atom. The first-order valence-corrected chi connectivity index (χ1v) is 10.6. The van der Waals surface area contributed by atoms with E-state index in [1.165, 1.54) is 0 Å². The molecule has 0 saturated carbocycles. The van der Waals surface area contributed by atoms with Crippen molar-refractivity contribution in [2.24, 2.45) is 10.2 Å². The second-order valence-electron chi connectivity index (χ2n) is 7.31. The minimum absolute atomic E-state index is 0.173. The Hall–Kier alpha value is -4.46. The number of hydrogen-bond donors (Lipinski definition) is 2. The Balaban J connectivity index is 1.43. The molecule has 0 atom stereocenters. The first kappa shape index (κ1) is 24.2. The molecule has 0 spiro atoms. The van der Waals surface area contributed by atoms with E-state index >= 15 is 0 Å². The third kappa shape index (κ3) is 7.90. The molecule has 3 aromatic rings. The topological polar surface area (TPSA) is 101 Å². The van der Waals surface area contributed by atoms with Gasteiger partial charge in [0.15, 0.2) is 0 Å². The van der Waals surface area contributed by atoms with Gasteiger partial charge in [0, 0.05) is 0 Å². The van der Waals surface area contributed by atoms with Crippen molar-refractivity contribution in [3.05, 3.63) is 95.1 Å². The normalized spacial score (nSPS) is 10.9. The predicted octanol–water partition coefficient (Wildman–Crippen LogP) is 3.09. The summed E-state index contributed by atoms with van der Waals surface area (Å²) in [6.45, 7) is 0. The average molecular weight is 459 g/mol. The molecule has 34 heavy (non-hydrogen) atoms. The zero-order valence-corrected chi connectivity index (χ0v) is 19.0. The summed E-state index contributed by atoms with van der Waals surface area (Å²) in [7, 11) is 3.18. The fourth-order valence-electron chi connectivity index (χ4n) is 3.03. The molecule has 0 aliphatic carbocycles. The molecule has 0 bridgehead atoms. The number of carbonyl (C=O) groups is 2. The molecule has 3 rings (SSSR count). The van der Waals surface area contributed by atoms with E-state index in [0.717, 1.165) is 22.3 Å². The zero-order chi connectivity index (χ0) is 24.2. The number of amides is 2. The highest BCUT2D eigenvalue weighted by molar-refractivity contribution is 5.84. The highest BCUT2D eigenvalue weighted by atomic mass is 16.5. The number of hydrogen-bond acceptors (Lipinski definition) is 6. The number of nitrogens with zero attached hydrogens (tertiary/aromatic N) is 2. The van der Waals surface area contributed by atoms with Crippen LogP contribution >= 0.6 is 0 Å². The summed E-state index contributed by atoms with van der Waals surface area (Å²) in [5.41, 5.74) is 8.28. The summed E-state index contributed by atoms with van der Waals surface area (Å²) in [6, 6.07) is 21.9. The van der Waals surface area contributed by atoms with Gasteiger partial charge in [-0.1, -0.05) is 48.5 Å². The smallest absolute Gasteiger partial charge is 0.244 e. The molecule has 0 saturated heterocycles. The monoisotopic (exact) mass is 458 g/mol. The minimum atomic E-state index is -0.239. The number of rotatable bonds is 10. The Morgan fingerprint density at radius 1 is 0.706 bits per heavy atom. The number of ether oxygens (including phenoxy) is 2. The molecular weight excluding hydrogens is 432 g/mol. The van der Waals surface area contributed by atoms with Gasteiger partial charge in [0.1, 0.15) is 11.5 Å². The minimum Gasteiger partial charge on any atom is -0.497 e. The van der Waals surface area contributed by atoms with Gasteiger partial charge >= 0.3 is 0 Å². The van der Waals surface area contributed by atoms with Crippen LogP contribution in [0, 0.1) is 0 Å². The SMILES string of the molecule is COc1cccc(/C=N/NC(=O)Cc2ccc(CC(=O)N/N=C/c3cccc(OC)c3)cc2)c1. The van der Waals surface area contributed by atoms with Crippen LogP contribution in [0.2, 0.25) is 0 Å². The Kier molecular flexibility index (Phi) is 8.92. The molecule has 0 unspecified atom stereocenters. The molecule has 2 amide bonds. The highest BCUT2D eigenvalue weighted by Gasteiger charge is 2.05. The van der Waals surface area contributed by atoms with Crippen LogP contribution in [-0.2, 0) is 22.4 Å². The lowest BCUT2D eigenvalue weighted by atomic mass is 10.1. The van der Waals surface area contributed by atoms with Crippen LogP contribution in [0.1, 0.15) is 22.3 Å². The number of methoxy groups -OCH3 is 2. The van der Waals surface area contributed by atoms with Crippen molar-refractivity contribution in [1.82, 2.24) is 10.9 Å². The molecule has 174 valence electrons. The number of carbonyl (C=O) groups excluding carboxylic acids is 2. The lowest BCUT2D eigenvalue weighted by molar-refractivity contribution is -0.121. The van der Waals surface area contributed by atoms with Crippen molar-refractivity contribution < 1.29 is 19.1 Å². The summed E-state index contributed by atoms with van der Waals surface area (Å²) in [5, 5.41) is 7.95. The van der Waals surface area contributed by atoms with Crippen molar-refractivity contribution in [3.63, 3.8) is 0 Å². The van der Waals surface area contributed by atoms with Gasteiger partial charge in [0.05, 0.1) is 39.5 Å². The fourth-order valence-corrected chi connectivity index (χ4v) is 3.03. The second kappa shape index (κ2) is 12.5. The third-order valence-corrected chi connectivity index (χ3v) is 4.75. The van der Waals surface area contributed by atoms with Crippen LogP contribution in [0.5, 0.6) is 11.5 Å². The Morgan fingerprint density at radius 3 is 1.50 bits per heavy atom. The molecule has 0 aromatic heterocycles. The summed E-state index contributed by atoms with van der Waals surface area (Å²) in [5.74, 6) is 0.952. The maximum atomic E-state index is 12.1. The molecule has 0 radical (unpaired) electrons. The molecule has 8 nitrogen and oxygen atoms in total. The first-order valence-electron chi connectivity index (χ1n) is 10.6. The number of nitrogens with one attached hydrogen (secondary N) is 2. The highest BCUT2D eigenvalue weighted by Crippen LogP contribution is 2.11. The largest absolute Gasteiger partial charge is 0.497 e. The quantitative estimate of drug-likeness (QED) is 0.360. The molecular formula is C26H26N4O4. The van der Waals surface area contributed by atoms with Gasteiger partial charge in [-0.2, -0.15) is 10.2 Å². The zero-order valence-electron chi connectivity index (χ0n) is 19.0. The van der Waals surface area contributed by atoms with Crippen LogP contribution < -0.4 is 20.3 Å². The molecule has 0 heterocycles. The summed E-state index contributed by atoms with van der Waals surface area (Å²) < 4.78 is 10.3. The standard InChI is InChI=1S/C26H26N4O4/c1-33-23-7-3-5-21(13-23)17-27-29-25(31)15-19-9-11-20(12-10-19)16-26(32)30-28-18-22-6-4-8-24(14-22)34-2/h3-14,17-18H,15-16H2,1-2H3,(H,29,31)(H,30,32)/b27-17+,28-18+. The van der Waals surface area contributed by atoms with E-state index in [-0.39, 0.29) is 24.7 Å². The average Bonchev–Trinajstić information content (AvgIpc) is 2.85. The van der Waals surface area contributed by atoms with Gasteiger partial charge in [-0.3, -0.25) is 9.59 Å². The number of hydrazone groups is 2. The van der Waals surface area contributed by atoms with E-state index in [9.17, 15) is 9.59 Å². The molecule has 0 fully saturated rings. The van der Waals surface area contributed by atoms with Crippen molar-refractivity contribution >= 4 is 24.2 Å². The molecule has 0 aliphatic heterocycles. The summed E-state index contributed by atoms with van der Waals surface area (Å²) in [6.07, 6.45) is 3.46. The van der Waals surface area contributed by atoms with Gasteiger partial charge in [-0.15, -0.1) is 0 Å². The molecule has 3 aromatic carbocycles. The van der Waals surface area contributed by atoms with Crippen LogP contribution in [0.3, 0.4) is 0 Å². The molecule has 2 N–H and O–H groups in total. The van der Waals surface area contributed by atoms with Crippen molar-refractivity contribution in [2.75, 3.05) is 14.2 Å². The lowest BCUT2D eigenvalue weighted by Gasteiger charge is -2.04. The van der Waals surface area contributed by atoms with Gasteiger partial charge in [-0.25, -0.2) is 10.9 Å². The Labute approximate surface area is 198 Å². The summed E-state index contributed by atoms with van der Waals surface area (Å²) in [4.78, 5) is 24.3. The van der Waals surface area contributed by atoms with Crippen LogP contribution in [0.4, 0.5) is 0 Å². The molecule has 0 aliphatic rings. The van der Waals surface area contributed by atoms with Gasteiger partial charge in [-0.05, 0) is 46.5 Å². The number of benzene rings is 3. The van der Waals surface area contributed by atoms with E-state index < -0.39 is 0 Å². The first-order chi connectivity index (χ1) is 16.6. The van der Waals surface area contributed by atoms with E-state index in [1.807, 2.05) is 72.8 Å². The van der Waals surface area contributed by atoms with Gasteiger partial charge < -0.3 is 9.47 Å². The maximum absolute atomic E-state index is 12.1. The van der Waals surface area contributed by atoms with Crippen molar-refractivity contribution in [2.45, 2.75) is 12.8 Å². The lowest BCUT2D eigenvalue weighted by Crippen LogP contribution is -2.20. The van der Waals surface area contributed by atoms with E-state index in [2.05, 4.69) is 21.1 Å². The van der Waals surface area contributed by atoms with E-state index in [1.54, 1.807) is 26.6 Å². The van der Waals surface area contributed by atoms with Crippen LogP contribution in [0.15, 0.2) is 83.0 Å². The van der Waals surface area contributed by atoms with Gasteiger partial charge in [0.25, 0.3) is 0 Å². The second-order valence-corrected chi connectivity index (χ2v) is 7.31. The van der Waals surface area contributed by atoms with Crippen LogP contribution in [-0.4, -0.2) is 38.5 Å². The van der Waals surface area contributed by atoms with Crippen LogP contribution in [0.25, 0.3) is 0 Å². The van der Waals surface area contributed by atoms with Crippen molar-refractivity contribution in [3.8, 4) is 11.5 Å². The predicted molar refractivity (Wildman–Crippen MR) is 131 cm³/mol. The Bertz CT molecular complexity index is 1080. The van der Waals surface area contributed by atoms with Crippen molar-refractivity contribution in [1.29, 1.82) is 0 Å². The van der Waals surface area contributed by atoms with E-state index in [4.69, 9.17) is 9.47 Å². The molecule has 8 heteroatoms. The fraction of sp³-hybridized carbons (Fsp3) is 0.154. The maximum Gasteiger partial charge on any atom is 0.244 e. The van der Waals surface area contributed by atoms with E-state index in [0.29, 0.717) is 11.5 Å². The summed E-state index contributed by atoms with van der Waals surface area (Å²) >= 11 is 0. The van der Waals surface area contributed by atoms with Gasteiger partial charge in [0.2, 0.25) is 11.8 Å². The third-order valence-electron chi connectivity index (χ3n) is 4.75.